The van der Waals surface area contributed by atoms with E-state index in [-0.39, 0.29) is 5.69 Å². The number of hydrogen-bond acceptors (Lipinski definition) is 1. The van der Waals surface area contributed by atoms with Gasteiger partial charge in [0, 0.05) is 10.7 Å². The first kappa shape index (κ1) is 10.9. The van der Waals surface area contributed by atoms with E-state index in [1.54, 1.807) is 13.0 Å². The van der Waals surface area contributed by atoms with Crippen molar-refractivity contribution in [3.05, 3.63) is 28.8 Å². The fraction of sp³-hybridized carbons (Fsp3) is 0.222. The van der Waals surface area contributed by atoms with Crippen molar-refractivity contribution in [2.24, 2.45) is 0 Å². The van der Waals surface area contributed by atoms with E-state index in [0.717, 1.165) is 5.56 Å². The second kappa shape index (κ2) is 4.37. The molecule has 0 saturated heterocycles. The second-order valence-corrected chi connectivity index (χ2v) is 3.16. The Morgan fingerprint density at radius 2 is 2.14 bits per heavy atom. The lowest BCUT2D eigenvalue weighted by atomic mass is 10.2. The molecule has 0 aliphatic carbocycles. The van der Waals surface area contributed by atoms with Gasteiger partial charge in [0.25, 0.3) is 5.91 Å². The first-order valence-electron chi connectivity index (χ1n) is 3.86. The van der Waals surface area contributed by atoms with Crippen LogP contribution in [-0.2, 0) is 4.79 Å². The summed E-state index contributed by atoms with van der Waals surface area (Å²) in [6.07, 6.45) is -3.02. The number of rotatable bonds is 2. The van der Waals surface area contributed by atoms with Gasteiger partial charge in [-0.05, 0) is 24.6 Å². The highest BCUT2D eigenvalue weighted by Crippen LogP contribution is 2.20. The minimum Gasteiger partial charge on any atom is -0.321 e. The van der Waals surface area contributed by atoms with Crippen LogP contribution in [0, 0.1) is 6.92 Å². The molecule has 0 aliphatic heterocycles. The Hall–Kier alpha value is -1.16. The van der Waals surface area contributed by atoms with Gasteiger partial charge in [-0.1, -0.05) is 17.7 Å². The fourth-order valence-electron chi connectivity index (χ4n) is 0.867. The summed E-state index contributed by atoms with van der Waals surface area (Å²) in [4.78, 5) is 10.6. The Balaban J connectivity index is 2.78. The van der Waals surface area contributed by atoms with Crippen molar-refractivity contribution in [1.82, 2.24) is 0 Å². The lowest BCUT2D eigenvalue weighted by molar-refractivity contribution is -0.126. The van der Waals surface area contributed by atoms with E-state index in [0.29, 0.717) is 5.02 Å². The summed E-state index contributed by atoms with van der Waals surface area (Å²) >= 11 is 5.74. The van der Waals surface area contributed by atoms with Gasteiger partial charge in [-0.15, -0.1) is 0 Å². The molecule has 1 aromatic carbocycles. The molecule has 0 saturated carbocycles. The van der Waals surface area contributed by atoms with Crippen molar-refractivity contribution in [1.29, 1.82) is 0 Å². The summed E-state index contributed by atoms with van der Waals surface area (Å²) < 4.78 is 23.7. The summed E-state index contributed by atoms with van der Waals surface area (Å²) in [5, 5.41) is 2.46. The van der Waals surface area contributed by atoms with E-state index in [1.807, 2.05) is 5.32 Å². The van der Waals surface area contributed by atoms with Gasteiger partial charge >= 0.3 is 6.43 Å². The number of amides is 1. The number of anilines is 1. The Bertz CT molecular complexity index is 355. The molecule has 0 bridgehead atoms. The molecule has 14 heavy (non-hydrogen) atoms. The van der Waals surface area contributed by atoms with Crippen LogP contribution in [0.15, 0.2) is 18.2 Å². The van der Waals surface area contributed by atoms with Crippen LogP contribution in [0.2, 0.25) is 5.02 Å². The molecule has 0 radical (unpaired) electrons. The standard InChI is InChI=1S/C9H8ClF2NO/c1-5-2-3-6(4-7(5)10)13-9(14)8(11)12/h2-4,8H,1H3,(H,13,14). The van der Waals surface area contributed by atoms with E-state index in [2.05, 4.69) is 0 Å². The number of carbonyl (C=O) groups is 1. The maximum Gasteiger partial charge on any atom is 0.315 e. The third kappa shape index (κ3) is 2.67. The lowest BCUT2D eigenvalue weighted by Gasteiger charge is -2.05. The molecule has 0 atom stereocenters. The molecule has 0 spiro atoms. The smallest absolute Gasteiger partial charge is 0.315 e. The van der Waals surface area contributed by atoms with Gasteiger partial charge in [-0.3, -0.25) is 4.79 Å². The van der Waals surface area contributed by atoms with E-state index >= 15 is 0 Å². The van der Waals surface area contributed by atoms with Gasteiger partial charge in [0.1, 0.15) is 0 Å². The molecule has 0 heterocycles. The normalized spacial score (nSPS) is 10.4. The topological polar surface area (TPSA) is 29.1 Å². The molecule has 1 aromatic rings. The molecule has 0 unspecified atom stereocenters. The maximum atomic E-state index is 11.8. The van der Waals surface area contributed by atoms with Gasteiger partial charge in [0.05, 0.1) is 0 Å². The number of aryl methyl sites for hydroxylation is 1. The first-order chi connectivity index (χ1) is 6.50. The minimum atomic E-state index is -3.02. The van der Waals surface area contributed by atoms with E-state index in [4.69, 9.17) is 11.6 Å². The molecule has 1 N–H and O–H groups in total. The van der Waals surface area contributed by atoms with Crippen LogP contribution in [0.4, 0.5) is 14.5 Å². The predicted molar refractivity (Wildman–Crippen MR) is 50.8 cm³/mol. The summed E-state index contributed by atoms with van der Waals surface area (Å²) in [6.45, 7) is 1.78. The molecule has 0 aromatic heterocycles. The van der Waals surface area contributed by atoms with Crippen molar-refractivity contribution >= 4 is 23.2 Å². The van der Waals surface area contributed by atoms with Crippen LogP contribution < -0.4 is 5.32 Å². The molecule has 5 heteroatoms. The summed E-state index contributed by atoms with van der Waals surface area (Å²) in [5.41, 5.74) is 1.09. The zero-order valence-electron chi connectivity index (χ0n) is 7.35. The quantitative estimate of drug-likeness (QED) is 0.814. The molecule has 0 aliphatic rings. The fourth-order valence-corrected chi connectivity index (χ4v) is 1.05. The zero-order chi connectivity index (χ0) is 10.7. The Morgan fingerprint density at radius 1 is 1.50 bits per heavy atom. The van der Waals surface area contributed by atoms with Gasteiger partial charge in [0.15, 0.2) is 0 Å². The van der Waals surface area contributed by atoms with Crippen molar-refractivity contribution in [3.63, 3.8) is 0 Å². The lowest BCUT2D eigenvalue weighted by Crippen LogP contribution is -2.19. The number of nitrogens with one attached hydrogen (secondary N) is 1. The molecule has 2 nitrogen and oxygen atoms in total. The summed E-state index contributed by atoms with van der Waals surface area (Å²) in [5.74, 6) is -1.33. The molecule has 1 rings (SSSR count). The monoisotopic (exact) mass is 219 g/mol. The average molecular weight is 220 g/mol. The van der Waals surface area contributed by atoms with Crippen LogP contribution >= 0.6 is 11.6 Å². The first-order valence-corrected chi connectivity index (χ1v) is 4.23. The van der Waals surface area contributed by atoms with E-state index in [9.17, 15) is 13.6 Å². The van der Waals surface area contributed by atoms with Gasteiger partial charge in [-0.25, -0.2) is 0 Å². The van der Waals surface area contributed by atoms with E-state index in [1.165, 1.54) is 12.1 Å². The maximum absolute atomic E-state index is 11.8. The molecule has 76 valence electrons. The van der Waals surface area contributed by atoms with Crippen LogP contribution in [-0.4, -0.2) is 12.3 Å². The average Bonchev–Trinajstić information content (AvgIpc) is 2.11. The van der Waals surface area contributed by atoms with Gasteiger partial charge < -0.3 is 5.32 Å². The number of carbonyl (C=O) groups excluding carboxylic acids is 1. The summed E-state index contributed by atoms with van der Waals surface area (Å²) in [6, 6.07) is 4.59. The van der Waals surface area contributed by atoms with Crippen LogP contribution in [0.25, 0.3) is 0 Å². The molecule has 0 fully saturated rings. The van der Waals surface area contributed by atoms with Crippen molar-refractivity contribution in [2.45, 2.75) is 13.3 Å². The Labute approximate surface area is 84.9 Å². The number of hydrogen-bond donors (Lipinski definition) is 1. The SMILES string of the molecule is Cc1ccc(NC(=O)C(F)F)cc1Cl. The zero-order valence-corrected chi connectivity index (χ0v) is 8.11. The van der Waals surface area contributed by atoms with Crippen LogP contribution in [0.3, 0.4) is 0 Å². The third-order valence-electron chi connectivity index (χ3n) is 1.64. The van der Waals surface area contributed by atoms with Crippen molar-refractivity contribution < 1.29 is 13.6 Å². The Morgan fingerprint density at radius 3 is 2.64 bits per heavy atom. The summed E-state index contributed by atoms with van der Waals surface area (Å²) in [7, 11) is 0. The highest BCUT2D eigenvalue weighted by molar-refractivity contribution is 6.31. The molecular formula is C9H8ClF2NO. The molecular weight excluding hydrogens is 212 g/mol. The Kier molecular flexibility index (Phi) is 3.41. The number of benzene rings is 1. The third-order valence-corrected chi connectivity index (χ3v) is 2.04. The number of alkyl halides is 2. The highest BCUT2D eigenvalue weighted by atomic mass is 35.5. The second-order valence-electron chi connectivity index (χ2n) is 2.75. The van der Waals surface area contributed by atoms with Crippen molar-refractivity contribution in [2.75, 3.05) is 5.32 Å². The van der Waals surface area contributed by atoms with Crippen LogP contribution in [0.1, 0.15) is 5.56 Å². The van der Waals surface area contributed by atoms with Crippen molar-refractivity contribution in [3.8, 4) is 0 Å². The highest BCUT2D eigenvalue weighted by Gasteiger charge is 2.14. The van der Waals surface area contributed by atoms with Gasteiger partial charge in [0.2, 0.25) is 0 Å². The predicted octanol–water partition coefficient (Wildman–Crippen LogP) is 2.85. The van der Waals surface area contributed by atoms with Crippen LogP contribution in [0.5, 0.6) is 0 Å². The minimum absolute atomic E-state index is 0.269. The van der Waals surface area contributed by atoms with E-state index < -0.39 is 12.3 Å². The molecule has 1 amide bonds. The largest absolute Gasteiger partial charge is 0.321 e. The number of halogens is 3. The van der Waals surface area contributed by atoms with Gasteiger partial charge in [-0.2, -0.15) is 8.78 Å².